The minimum absolute atomic E-state index is 0.283. The Balaban J connectivity index is 2.17. The quantitative estimate of drug-likeness (QED) is 0.793. The Morgan fingerprint density at radius 1 is 1.52 bits per heavy atom. The molecule has 1 aliphatic rings. The number of nitrogens with one attached hydrogen (secondary N) is 1. The summed E-state index contributed by atoms with van der Waals surface area (Å²) < 4.78 is 19.6. The number of hydrogen-bond donors (Lipinski definition) is 2. The molecule has 0 bridgehead atoms. The summed E-state index contributed by atoms with van der Waals surface area (Å²) in [6.07, 6.45) is 3.15. The van der Waals surface area contributed by atoms with E-state index in [4.69, 9.17) is 10.5 Å². The van der Waals surface area contributed by atoms with Gasteiger partial charge in [-0.15, -0.1) is 0 Å². The molecule has 0 saturated heterocycles. The van der Waals surface area contributed by atoms with Crippen LogP contribution in [0.1, 0.15) is 18.9 Å². The van der Waals surface area contributed by atoms with Crippen molar-refractivity contribution < 1.29 is 9.13 Å². The van der Waals surface area contributed by atoms with Gasteiger partial charge in [0.15, 0.2) is 0 Å². The van der Waals surface area contributed by atoms with Crippen molar-refractivity contribution in [2.75, 3.05) is 37.1 Å². The van der Waals surface area contributed by atoms with Gasteiger partial charge in [-0.1, -0.05) is 0 Å². The predicted octanol–water partition coefficient (Wildman–Crippen LogP) is 2.59. The molecule has 0 spiro atoms. The molecule has 0 amide bonds. The average molecular weight is 311 g/mol. The molecular weight excluding hydrogens is 289 g/mol. The van der Waals surface area contributed by atoms with Crippen molar-refractivity contribution in [2.24, 2.45) is 10.7 Å². The number of ether oxygens (including phenoxy) is 1. The largest absolute Gasteiger partial charge is 0.386 e. The van der Waals surface area contributed by atoms with Crippen LogP contribution in [-0.2, 0) is 10.3 Å². The maximum Gasteiger partial charge on any atom is 0.129 e. The van der Waals surface area contributed by atoms with E-state index in [9.17, 15) is 4.39 Å². The zero-order valence-corrected chi connectivity index (χ0v) is 13.3. The van der Waals surface area contributed by atoms with Crippen LogP contribution in [0.2, 0.25) is 0 Å². The highest BCUT2D eigenvalue weighted by Crippen LogP contribution is 2.32. The van der Waals surface area contributed by atoms with Crippen molar-refractivity contribution in [3.8, 4) is 0 Å². The number of halogens is 1. The van der Waals surface area contributed by atoms with E-state index in [-0.39, 0.29) is 5.82 Å². The lowest BCUT2D eigenvalue weighted by atomic mass is 9.92. The first-order valence-electron chi connectivity index (χ1n) is 7.00. The first-order chi connectivity index (χ1) is 10.0. The Hall–Kier alpha value is -1.27. The number of aliphatic imine (C=N–C) groups is 1. The van der Waals surface area contributed by atoms with E-state index in [0.717, 1.165) is 24.4 Å². The van der Waals surface area contributed by atoms with Crippen molar-refractivity contribution in [1.82, 2.24) is 0 Å². The maximum absolute atomic E-state index is 14.2. The molecule has 1 atom stereocenters. The van der Waals surface area contributed by atoms with Crippen LogP contribution in [0.4, 0.5) is 10.1 Å². The number of rotatable bonds is 6. The zero-order valence-electron chi connectivity index (χ0n) is 12.5. The molecule has 6 heteroatoms. The summed E-state index contributed by atoms with van der Waals surface area (Å²) in [4.78, 5) is 4.39. The van der Waals surface area contributed by atoms with Gasteiger partial charge < -0.3 is 15.8 Å². The maximum atomic E-state index is 14.2. The van der Waals surface area contributed by atoms with Gasteiger partial charge in [-0.05, 0) is 43.6 Å². The van der Waals surface area contributed by atoms with Crippen LogP contribution in [0.15, 0.2) is 23.2 Å². The third-order valence-electron chi connectivity index (χ3n) is 3.42. The SMILES string of the molecule is CSCCCNc1ccc(F)c(C2(C)COCC(N)=N2)c1. The molecule has 0 saturated carbocycles. The molecule has 3 N–H and O–H groups in total. The molecule has 0 fully saturated rings. The zero-order chi connectivity index (χ0) is 15.3. The molecule has 0 aromatic heterocycles. The van der Waals surface area contributed by atoms with Crippen molar-refractivity contribution in [3.05, 3.63) is 29.6 Å². The predicted molar refractivity (Wildman–Crippen MR) is 87.7 cm³/mol. The second-order valence-electron chi connectivity index (χ2n) is 5.34. The van der Waals surface area contributed by atoms with Gasteiger partial charge in [0.25, 0.3) is 0 Å². The monoisotopic (exact) mass is 311 g/mol. The molecule has 116 valence electrons. The molecule has 2 rings (SSSR count). The summed E-state index contributed by atoms with van der Waals surface area (Å²) in [7, 11) is 0. The molecule has 1 heterocycles. The number of hydrogen-bond acceptors (Lipinski definition) is 5. The van der Waals surface area contributed by atoms with Crippen LogP contribution in [-0.4, -0.2) is 37.6 Å². The van der Waals surface area contributed by atoms with Gasteiger partial charge in [0.1, 0.15) is 23.8 Å². The van der Waals surface area contributed by atoms with Gasteiger partial charge in [0.2, 0.25) is 0 Å². The number of amidine groups is 1. The minimum atomic E-state index is -0.761. The lowest BCUT2D eigenvalue weighted by Gasteiger charge is -2.30. The first-order valence-corrected chi connectivity index (χ1v) is 8.39. The summed E-state index contributed by atoms with van der Waals surface area (Å²) >= 11 is 1.82. The van der Waals surface area contributed by atoms with Gasteiger partial charge in [-0.3, -0.25) is 4.99 Å². The Kier molecular flexibility index (Phi) is 5.47. The second kappa shape index (κ2) is 7.13. The highest BCUT2D eigenvalue weighted by molar-refractivity contribution is 7.98. The van der Waals surface area contributed by atoms with Crippen molar-refractivity contribution in [2.45, 2.75) is 18.9 Å². The van der Waals surface area contributed by atoms with Crippen LogP contribution >= 0.6 is 11.8 Å². The second-order valence-corrected chi connectivity index (χ2v) is 6.32. The topological polar surface area (TPSA) is 59.6 Å². The fraction of sp³-hybridized carbons (Fsp3) is 0.533. The summed E-state index contributed by atoms with van der Waals surface area (Å²) in [5.41, 5.74) is 6.38. The van der Waals surface area contributed by atoms with Gasteiger partial charge in [0.05, 0.1) is 6.61 Å². The summed E-state index contributed by atoms with van der Waals surface area (Å²) in [5.74, 6) is 1.23. The van der Waals surface area contributed by atoms with E-state index in [1.807, 2.05) is 18.7 Å². The van der Waals surface area contributed by atoms with E-state index < -0.39 is 5.54 Å². The third kappa shape index (κ3) is 4.11. The molecule has 1 aromatic carbocycles. The van der Waals surface area contributed by atoms with Crippen LogP contribution < -0.4 is 11.1 Å². The average Bonchev–Trinajstić information content (AvgIpc) is 2.45. The lowest BCUT2D eigenvalue weighted by molar-refractivity contribution is 0.104. The molecule has 1 aromatic rings. The number of nitrogens with two attached hydrogens (primary N) is 1. The van der Waals surface area contributed by atoms with Gasteiger partial charge in [-0.2, -0.15) is 11.8 Å². The van der Waals surface area contributed by atoms with Crippen molar-refractivity contribution in [3.63, 3.8) is 0 Å². The Morgan fingerprint density at radius 3 is 3.05 bits per heavy atom. The fourth-order valence-corrected chi connectivity index (χ4v) is 2.80. The number of benzene rings is 1. The van der Waals surface area contributed by atoms with Crippen LogP contribution in [0.5, 0.6) is 0 Å². The summed E-state index contributed by atoms with van der Waals surface area (Å²) in [6, 6.07) is 5.02. The van der Waals surface area contributed by atoms with Crippen molar-refractivity contribution in [1.29, 1.82) is 0 Å². The Bertz CT molecular complexity index is 524. The Morgan fingerprint density at radius 2 is 2.33 bits per heavy atom. The fourth-order valence-electron chi connectivity index (χ4n) is 2.37. The highest BCUT2D eigenvalue weighted by Gasteiger charge is 2.32. The number of anilines is 1. The molecule has 0 aliphatic carbocycles. The van der Waals surface area contributed by atoms with E-state index in [0.29, 0.717) is 24.6 Å². The molecule has 1 unspecified atom stereocenters. The highest BCUT2D eigenvalue weighted by atomic mass is 32.2. The van der Waals surface area contributed by atoms with Crippen molar-refractivity contribution >= 4 is 23.3 Å². The number of thioether (sulfide) groups is 1. The molecular formula is C15H22FN3OS. The molecule has 21 heavy (non-hydrogen) atoms. The van der Waals surface area contributed by atoms with Crippen LogP contribution in [0.25, 0.3) is 0 Å². The standard InChI is InChI=1S/C15H22FN3OS/c1-15(10-20-9-14(17)19-15)12-8-11(4-5-13(12)16)18-6-3-7-21-2/h4-5,8,18H,3,6-7,9-10H2,1-2H3,(H2,17,19). The minimum Gasteiger partial charge on any atom is -0.386 e. The van der Waals surface area contributed by atoms with E-state index in [1.165, 1.54) is 6.07 Å². The smallest absolute Gasteiger partial charge is 0.129 e. The van der Waals surface area contributed by atoms with E-state index in [1.54, 1.807) is 12.1 Å². The van der Waals surface area contributed by atoms with E-state index >= 15 is 0 Å². The first kappa shape index (κ1) is 16.1. The molecule has 1 aliphatic heterocycles. The number of nitrogens with zero attached hydrogens (tertiary/aromatic N) is 1. The summed E-state index contributed by atoms with van der Waals surface area (Å²) in [5, 5.41) is 3.31. The molecule has 4 nitrogen and oxygen atoms in total. The van der Waals surface area contributed by atoms with Gasteiger partial charge >= 0.3 is 0 Å². The molecule has 0 radical (unpaired) electrons. The van der Waals surface area contributed by atoms with Gasteiger partial charge in [-0.25, -0.2) is 4.39 Å². The summed E-state index contributed by atoms with van der Waals surface area (Å²) in [6.45, 7) is 3.35. The normalized spacial score (nSPS) is 22.0. The lowest BCUT2D eigenvalue weighted by Crippen LogP contribution is -2.38. The Labute approximate surface area is 129 Å². The van der Waals surface area contributed by atoms with Crippen LogP contribution in [0.3, 0.4) is 0 Å². The van der Waals surface area contributed by atoms with Crippen LogP contribution in [0, 0.1) is 5.82 Å². The van der Waals surface area contributed by atoms with Gasteiger partial charge in [0, 0.05) is 17.8 Å². The van der Waals surface area contributed by atoms with E-state index in [2.05, 4.69) is 16.6 Å². The third-order valence-corrected chi connectivity index (χ3v) is 4.12.